The third kappa shape index (κ3) is 4.06. The van der Waals surface area contributed by atoms with Crippen LogP contribution in [-0.2, 0) is 0 Å². The Morgan fingerprint density at radius 1 is 1.12 bits per heavy atom. The summed E-state index contributed by atoms with van der Waals surface area (Å²) in [5.74, 6) is 0.766. The molecule has 0 aliphatic heterocycles. The average molecular weight is 354 g/mol. The van der Waals surface area contributed by atoms with Gasteiger partial charge in [0.25, 0.3) is 0 Å². The van der Waals surface area contributed by atoms with Crippen molar-refractivity contribution in [2.45, 2.75) is 24.9 Å². The van der Waals surface area contributed by atoms with Crippen LogP contribution >= 0.6 is 11.8 Å². The van der Waals surface area contributed by atoms with Gasteiger partial charge in [0.1, 0.15) is 5.75 Å². The van der Waals surface area contributed by atoms with E-state index in [0.29, 0.717) is 16.6 Å². The van der Waals surface area contributed by atoms with Crippen molar-refractivity contribution in [2.75, 3.05) is 5.75 Å². The number of Topliss-reactive ketones (excluding diaryl/α,β-unsaturated/α-hetero) is 1. The fourth-order valence-electron chi connectivity index (χ4n) is 2.29. The van der Waals surface area contributed by atoms with Crippen LogP contribution in [0.25, 0.3) is 5.69 Å². The Morgan fingerprint density at radius 3 is 2.44 bits per heavy atom. The molecule has 0 amide bonds. The second-order valence-corrected chi connectivity index (χ2v) is 6.82. The zero-order valence-electron chi connectivity index (χ0n) is 14.0. The van der Waals surface area contributed by atoms with E-state index in [-0.39, 0.29) is 17.3 Å². The molecule has 0 bridgehead atoms. The van der Waals surface area contributed by atoms with Crippen molar-refractivity contribution in [3.8, 4) is 11.4 Å². The number of aromatic nitrogens is 4. The minimum atomic E-state index is -0.0466. The van der Waals surface area contributed by atoms with E-state index in [1.165, 1.54) is 29.5 Å². The van der Waals surface area contributed by atoms with Crippen molar-refractivity contribution in [1.82, 2.24) is 20.2 Å². The van der Waals surface area contributed by atoms with Crippen LogP contribution in [0.2, 0.25) is 0 Å². The van der Waals surface area contributed by atoms with Crippen molar-refractivity contribution in [3.05, 3.63) is 59.7 Å². The first-order chi connectivity index (χ1) is 12.0. The van der Waals surface area contributed by atoms with Crippen molar-refractivity contribution in [3.63, 3.8) is 0 Å². The lowest BCUT2D eigenvalue weighted by atomic mass is 10.0. The van der Waals surface area contributed by atoms with E-state index in [2.05, 4.69) is 41.5 Å². The summed E-state index contributed by atoms with van der Waals surface area (Å²) in [5, 5.41) is 21.6. The van der Waals surface area contributed by atoms with Gasteiger partial charge in [-0.3, -0.25) is 4.79 Å². The van der Waals surface area contributed by atoms with E-state index < -0.39 is 0 Å². The molecule has 25 heavy (non-hydrogen) atoms. The van der Waals surface area contributed by atoms with Crippen LogP contribution in [0.5, 0.6) is 5.75 Å². The van der Waals surface area contributed by atoms with Gasteiger partial charge in [-0.25, -0.2) is 0 Å². The summed E-state index contributed by atoms with van der Waals surface area (Å²) < 4.78 is 1.62. The van der Waals surface area contributed by atoms with Gasteiger partial charge < -0.3 is 5.11 Å². The van der Waals surface area contributed by atoms with Gasteiger partial charge in [-0.05, 0) is 58.3 Å². The van der Waals surface area contributed by atoms with E-state index in [4.69, 9.17) is 0 Å². The van der Waals surface area contributed by atoms with Crippen LogP contribution in [0.3, 0.4) is 0 Å². The number of hydrogen-bond donors (Lipinski definition) is 1. The molecular weight excluding hydrogens is 336 g/mol. The maximum atomic E-state index is 12.2. The quantitative estimate of drug-likeness (QED) is 0.539. The summed E-state index contributed by atoms with van der Waals surface area (Å²) in [7, 11) is 0. The number of phenolic OH excluding ortho intramolecular Hbond substituents is 1. The monoisotopic (exact) mass is 354 g/mol. The molecule has 7 heteroatoms. The number of rotatable bonds is 6. The number of carbonyl (C=O) groups excluding carboxylic acids is 1. The van der Waals surface area contributed by atoms with Crippen LogP contribution < -0.4 is 0 Å². The lowest BCUT2D eigenvalue weighted by Crippen LogP contribution is -2.05. The van der Waals surface area contributed by atoms with Crippen LogP contribution in [0, 0.1) is 0 Å². The SMILES string of the molecule is CC(C)c1ccc(-n2nnnc2SCC(=O)c2ccc(O)cc2)cc1. The molecular formula is C18H18N4O2S. The Kier molecular flexibility index (Phi) is 5.14. The van der Waals surface area contributed by atoms with Gasteiger partial charge in [-0.1, -0.05) is 37.7 Å². The summed E-state index contributed by atoms with van der Waals surface area (Å²) in [5.41, 5.74) is 2.65. The van der Waals surface area contributed by atoms with Crippen LogP contribution in [0.15, 0.2) is 53.7 Å². The Bertz CT molecular complexity index is 858. The van der Waals surface area contributed by atoms with E-state index in [1.807, 2.05) is 12.1 Å². The smallest absolute Gasteiger partial charge is 0.214 e. The Balaban J connectivity index is 1.71. The molecule has 0 saturated heterocycles. The molecule has 0 saturated carbocycles. The highest BCUT2D eigenvalue weighted by Crippen LogP contribution is 2.22. The molecule has 0 unspecified atom stereocenters. The predicted molar refractivity (Wildman–Crippen MR) is 96.4 cm³/mol. The summed E-state index contributed by atoms with van der Waals surface area (Å²) in [6.07, 6.45) is 0. The normalized spacial score (nSPS) is 11.0. The van der Waals surface area contributed by atoms with E-state index >= 15 is 0 Å². The third-order valence-corrected chi connectivity index (χ3v) is 4.69. The second kappa shape index (κ2) is 7.48. The van der Waals surface area contributed by atoms with Crippen molar-refractivity contribution in [1.29, 1.82) is 0 Å². The number of nitrogens with zero attached hydrogens (tertiary/aromatic N) is 4. The number of hydrogen-bond acceptors (Lipinski definition) is 6. The summed E-state index contributed by atoms with van der Waals surface area (Å²) >= 11 is 1.28. The average Bonchev–Trinajstić information content (AvgIpc) is 3.09. The first-order valence-corrected chi connectivity index (χ1v) is 8.87. The van der Waals surface area contributed by atoms with Gasteiger partial charge in [-0.15, -0.1) is 5.10 Å². The van der Waals surface area contributed by atoms with Gasteiger partial charge in [0.2, 0.25) is 5.16 Å². The molecule has 3 aromatic rings. The Morgan fingerprint density at radius 2 is 1.80 bits per heavy atom. The largest absolute Gasteiger partial charge is 0.508 e. The predicted octanol–water partition coefficient (Wildman–Crippen LogP) is 3.47. The standard InChI is InChI=1S/C18H18N4O2S/c1-12(2)13-3-7-15(8-4-13)22-18(19-20-21-22)25-11-17(24)14-5-9-16(23)10-6-14/h3-10,12,23H,11H2,1-2H3. The number of phenols is 1. The van der Waals surface area contributed by atoms with E-state index in [9.17, 15) is 9.90 Å². The van der Waals surface area contributed by atoms with E-state index in [0.717, 1.165) is 5.69 Å². The number of aromatic hydroxyl groups is 1. The first-order valence-electron chi connectivity index (χ1n) is 7.88. The van der Waals surface area contributed by atoms with Gasteiger partial charge in [0.05, 0.1) is 11.4 Å². The minimum absolute atomic E-state index is 0.0466. The molecule has 0 spiro atoms. The highest BCUT2D eigenvalue weighted by atomic mass is 32.2. The van der Waals surface area contributed by atoms with Crippen molar-refractivity contribution < 1.29 is 9.90 Å². The molecule has 1 aromatic heterocycles. The molecule has 0 aliphatic rings. The first kappa shape index (κ1) is 17.2. The molecule has 3 rings (SSSR count). The number of carbonyl (C=O) groups is 1. The highest BCUT2D eigenvalue weighted by Gasteiger charge is 2.13. The van der Waals surface area contributed by atoms with Crippen molar-refractivity contribution >= 4 is 17.5 Å². The molecule has 0 fully saturated rings. The number of thioether (sulfide) groups is 1. The minimum Gasteiger partial charge on any atom is -0.508 e. The van der Waals surface area contributed by atoms with Gasteiger partial charge >= 0.3 is 0 Å². The maximum Gasteiger partial charge on any atom is 0.214 e. The lowest BCUT2D eigenvalue weighted by Gasteiger charge is -2.08. The summed E-state index contributed by atoms with van der Waals surface area (Å²) in [6, 6.07) is 14.2. The number of benzene rings is 2. The third-order valence-electron chi connectivity index (χ3n) is 3.77. The topological polar surface area (TPSA) is 80.9 Å². The molecule has 1 heterocycles. The Labute approximate surface area is 149 Å². The lowest BCUT2D eigenvalue weighted by molar-refractivity contribution is 0.102. The zero-order chi connectivity index (χ0) is 17.8. The molecule has 6 nitrogen and oxygen atoms in total. The summed E-state index contributed by atoms with van der Waals surface area (Å²) in [6.45, 7) is 4.28. The molecule has 0 radical (unpaired) electrons. The molecule has 2 aromatic carbocycles. The van der Waals surface area contributed by atoms with Crippen LogP contribution in [0.1, 0.15) is 35.7 Å². The highest BCUT2D eigenvalue weighted by molar-refractivity contribution is 7.99. The Hall–Kier alpha value is -2.67. The second-order valence-electron chi connectivity index (χ2n) is 5.88. The van der Waals surface area contributed by atoms with Gasteiger partial charge in [0.15, 0.2) is 5.78 Å². The zero-order valence-corrected chi connectivity index (χ0v) is 14.8. The van der Waals surface area contributed by atoms with Crippen LogP contribution in [-0.4, -0.2) is 36.8 Å². The molecule has 1 N–H and O–H groups in total. The number of ketones is 1. The number of tetrazole rings is 1. The fraction of sp³-hybridized carbons (Fsp3) is 0.222. The summed E-state index contributed by atoms with van der Waals surface area (Å²) in [4.78, 5) is 12.2. The molecule has 0 atom stereocenters. The van der Waals surface area contributed by atoms with Crippen LogP contribution in [0.4, 0.5) is 0 Å². The van der Waals surface area contributed by atoms with Crippen molar-refractivity contribution in [2.24, 2.45) is 0 Å². The van der Waals surface area contributed by atoms with Gasteiger partial charge in [-0.2, -0.15) is 4.68 Å². The fourth-order valence-corrected chi connectivity index (χ4v) is 3.08. The van der Waals surface area contributed by atoms with E-state index in [1.54, 1.807) is 16.8 Å². The van der Waals surface area contributed by atoms with Gasteiger partial charge in [0, 0.05) is 5.56 Å². The molecule has 0 aliphatic carbocycles. The molecule has 128 valence electrons. The maximum absolute atomic E-state index is 12.2.